The van der Waals surface area contributed by atoms with Crippen molar-refractivity contribution in [2.75, 3.05) is 4.72 Å². The zero-order valence-corrected chi connectivity index (χ0v) is 19.6. The van der Waals surface area contributed by atoms with E-state index in [1.807, 2.05) is 0 Å². The Labute approximate surface area is 201 Å². The van der Waals surface area contributed by atoms with Gasteiger partial charge in [-0.15, -0.1) is 0 Å². The fourth-order valence-electron chi connectivity index (χ4n) is 2.84. The van der Waals surface area contributed by atoms with Gasteiger partial charge in [0, 0.05) is 16.8 Å². The number of nitrogens with one attached hydrogen (secondary N) is 3. The van der Waals surface area contributed by atoms with E-state index in [0.29, 0.717) is 5.56 Å². The topological polar surface area (TPSA) is 131 Å². The highest BCUT2D eigenvalue weighted by Gasteiger charge is 2.17. The molecule has 9 nitrogen and oxygen atoms in total. The molecule has 3 aromatic rings. The van der Waals surface area contributed by atoms with Crippen molar-refractivity contribution < 1.29 is 31.9 Å². The van der Waals surface area contributed by atoms with Gasteiger partial charge in [0.1, 0.15) is 11.6 Å². The van der Waals surface area contributed by atoms with E-state index >= 15 is 0 Å². The molecule has 2 amide bonds. The lowest BCUT2D eigenvalue weighted by Gasteiger charge is -2.15. The number of anilines is 1. The minimum absolute atomic E-state index is 0.0241. The third kappa shape index (κ3) is 6.87. The largest absolute Gasteiger partial charge is 0.481 e. The van der Waals surface area contributed by atoms with Crippen LogP contribution in [0.3, 0.4) is 0 Å². The van der Waals surface area contributed by atoms with Crippen LogP contribution in [-0.4, -0.2) is 32.1 Å². The molecule has 0 radical (unpaired) electrons. The van der Waals surface area contributed by atoms with Gasteiger partial charge in [-0.1, -0.05) is 12.1 Å². The Morgan fingerprint density at radius 3 is 1.97 bits per heavy atom. The van der Waals surface area contributed by atoms with Gasteiger partial charge in [-0.3, -0.25) is 30.0 Å². The Morgan fingerprint density at radius 1 is 0.829 bits per heavy atom. The van der Waals surface area contributed by atoms with E-state index in [-0.39, 0.29) is 27.7 Å². The lowest BCUT2D eigenvalue weighted by atomic mass is 10.2. The summed E-state index contributed by atoms with van der Waals surface area (Å²) in [5.41, 5.74) is 5.22. The van der Waals surface area contributed by atoms with Crippen LogP contribution in [0.4, 0.5) is 10.1 Å². The second-order valence-electron chi connectivity index (χ2n) is 7.42. The number of sulfonamides is 1. The number of carbonyl (C=O) groups excluding carboxylic acids is 3. The van der Waals surface area contributed by atoms with Crippen LogP contribution in [0, 0.1) is 5.82 Å². The van der Waals surface area contributed by atoms with Crippen molar-refractivity contribution in [3.8, 4) is 5.75 Å². The van der Waals surface area contributed by atoms with Crippen LogP contribution in [0.1, 0.15) is 34.6 Å². The van der Waals surface area contributed by atoms with Crippen LogP contribution >= 0.6 is 0 Å². The van der Waals surface area contributed by atoms with Crippen molar-refractivity contribution in [3.63, 3.8) is 0 Å². The van der Waals surface area contributed by atoms with Crippen molar-refractivity contribution in [3.05, 3.63) is 89.7 Å². The van der Waals surface area contributed by atoms with Crippen LogP contribution in [0.5, 0.6) is 5.75 Å². The van der Waals surface area contributed by atoms with Crippen LogP contribution in [0.25, 0.3) is 0 Å². The van der Waals surface area contributed by atoms with Crippen molar-refractivity contribution in [1.82, 2.24) is 10.9 Å². The minimum Gasteiger partial charge on any atom is -0.481 e. The zero-order chi connectivity index (χ0) is 25.6. The van der Waals surface area contributed by atoms with Gasteiger partial charge in [-0.2, -0.15) is 0 Å². The fraction of sp³-hybridized carbons (Fsp3) is 0.125. The van der Waals surface area contributed by atoms with Gasteiger partial charge >= 0.3 is 0 Å². The van der Waals surface area contributed by atoms with Gasteiger partial charge in [-0.05, 0) is 74.5 Å². The van der Waals surface area contributed by atoms with Crippen molar-refractivity contribution in [2.45, 2.75) is 24.8 Å². The number of halogens is 1. The maximum absolute atomic E-state index is 12.9. The second kappa shape index (κ2) is 10.8. The maximum atomic E-state index is 12.9. The van der Waals surface area contributed by atoms with Crippen LogP contribution < -0.4 is 20.3 Å². The molecule has 1 atom stereocenters. The summed E-state index contributed by atoms with van der Waals surface area (Å²) in [6.45, 7) is 2.84. The molecule has 0 heterocycles. The first-order valence-electron chi connectivity index (χ1n) is 10.3. The lowest BCUT2D eigenvalue weighted by Crippen LogP contribution is -2.47. The SMILES string of the molecule is CC(=O)c1ccc(S(=O)(=O)Nc2ccc(C(=O)NNC(=O)C(C)Oc3ccc(F)cc3)cc2)cc1. The van der Waals surface area contributed by atoms with E-state index < -0.39 is 33.8 Å². The van der Waals surface area contributed by atoms with E-state index in [1.54, 1.807) is 0 Å². The van der Waals surface area contributed by atoms with E-state index in [2.05, 4.69) is 15.6 Å². The maximum Gasteiger partial charge on any atom is 0.279 e. The van der Waals surface area contributed by atoms with Gasteiger partial charge in [0.15, 0.2) is 11.9 Å². The van der Waals surface area contributed by atoms with Gasteiger partial charge < -0.3 is 4.74 Å². The number of rotatable bonds is 8. The van der Waals surface area contributed by atoms with Crippen molar-refractivity contribution in [1.29, 1.82) is 0 Å². The molecule has 0 saturated carbocycles. The first-order chi connectivity index (χ1) is 16.5. The van der Waals surface area contributed by atoms with E-state index in [1.165, 1.54) is 86.6 Å². The third-order valence-electron chi connectivity index (χ3n) is 4.77. The highest BCUT2D eigenvalue weighted by molar-refractivity contribution is 7.92. The summed E-state index contributed by atoms with van der Waals surface area (Å²) in [7, 11) is -3.90. The molecular formula is C24H22FN3O6S. The predicted molar refractivity (Wildman–Crippen MR) is 126 cm³/mol. The van der Waals surface area contributed by atoms with Crippen molar-refractivity contribution >= 4 is 33.3 Å². The molecule has 35 heavy (non-hydrogen) atoms. The van der Waals surface area contributed by atoms with Crippen LogP contribution in [0.2, 0.25) is 0 Å². The number of hydrogen-bond donors (Lipinski definition) is 3. The fourth-order valence-corrected chi connectivity index (χ4v) is 3.89. The number of ketones is 1. The quantitative estimate of drug-likeness (QED) is 0.323. The molecular weight excluding hydrogens is 477 g/mol. The molecule has 182 valence electrons. The highest BCUT2D eigenvalue weighted by atomic mass is 32.2. The molecule has 0 saturated heterocycles. The highest BCUT2D eigenvalue weighted by Crippen LogP contribution is 2.18. The molecule has 3 N–H and O–H groups in total. The molecule has 0 aromatic heterocycles. The number of ether oxygens (including phenoxy) is 1. The van der Waals surface area contributed by atoms with Crippen LogP contribution in [-0.2, 0) is 14.8 Å². The predicted octanol–water partition coefficient (Wildman–Crippen LogP) is 3.06. The molecule has 3 aromatic carbocycles. The molecule has 0 fully saturated rings. The van der Waals surface area contributed by atoms with Crippen molar-refractivity contribution in [2.24, 2.45) is 0 Å². The summed E-state index contributed by atoms with van der Waals surface area (Å²) < 4.78 is 45.8. The van der Waals surface area contributed by atoms with E-state index in [0.717, 1.165) is 0 Å². The van der Waals surface area contributed by atoms with Gasteiger partial charge in [0.2, 0.25) is 0 Å². The Balaban J connectivity index is 1.54. The third-order valence-corrected chi connectivity index (χ3v) is 6.16. The number of hydrazine groups is 1. The summed E-state index contributed by atoms with van der Waals surface area (Å²) in [4.78, 5) is 35.8. The molecule has 3 rings (SSSR count). The normalized spacial score (nSPS) is 11.7. The number of amides is 2. The summed E-state index contributed by atoms with van der Waals surface area (Å²) in [5.74, 6) is -1.61. The molecule has 11 heteroatoms. The lowest BCUT2D eigenvalue weighted by molar-refractivity contribution is -0.128. The zero-order valence-electron chi connectivity index (χ0n) is 18.7. The number of benzene rings is 3. The van der Waals surface area contributed by atoms with Gasteiger partial charge in [-0.25, -0.2) is 12.8 Å². The first-order valence-corrected chi connectivity index (χ1v) is 11.8. The Kier molecular flexibility index (Phi) is 7.82. The minimum atomic E-state index is -3.90. The van der Waals surface area contributed by atoms with Gasteiger partial charge in [0.25, 0.3) is 21.8 Å². The standard InChI is InChI=1S/C24H22FN3O6S/c1-15(29)17-5-13-22(14-6-17)35(32,33)28-20-9-3-18(4-10-20)24(31)27-26-23(30)16(2)34-21-11-7-19(25)8-12-21/h3-14,16,28H,1-2H3,(H,26,30)(H,27,31). The molecule has 0 aliphatic heterocycles. The molecule has 0 spiro atoms. The van der Waals surface area contributed by atoms with E-state index in [4.69, 9.17) is 4.74 Å². The molecule has 1 unspecified atom stereocenters. The Hall–Kier alpha value is -4.25. The first kappa shape index (κ1) is 25.4. The van der Waals surface area contributed by atoms with Gasteiger partial charge in [0.05, 0.1) is 4.90 Å². The Bertz CT molecular complexity index is 1330. The summed E-state index contributed by atoms with van der Waals surface area (Å²) in [6.07, 6.45) is -0.970. The number of Topliss-reactive ketones (excluding diaryl/α,β-unsaturated/α-hetero) is 1. The molecule has 0 bridgehead atoms. The monoisotopic (exact) mass is 499 g/mol. The smallest absolute Gasteiger partial charge is 0.279 e. The average Bonchev–Trinajstić information content (AvgIpc) is 2.84. The van der Waals surface area contributed by atoms with Crippen LogP contribution in [0.15, 0.2) is 77.7 Å². The average molecular weight is 500 g/mol. The molecule has 0 aliphatic carbocycles. The molecule has 0 aliphatic rings. The number of carbonyl (C=O) groups is 3. The summed E-state index contributed by atoms with van der Waals surface area (Å²) >= 11 is 0. The number of hydrogen-bond acceptors (Lipinski definition) is 6. The van der Waals surface area contributed by atoms with E-state index in [9.17, 15) is 27.2 Å². The summed E-state index contributed by atoms with van der Waals surface area (Å²) in [6, 6.07) is 16.1. The Morgan fingerprint density at radius 2 is 1.40 bits per heavy atom. The summed E-state index contributed by atoms with van der Waals surface area (Å²) in [5, 5.41) is 0. The second-order valence-corrected chi connectivity index (χ2v) is 9.10.